The molecule has 0 rings (SSSR count). The minimum Gasteiger partial charge on any atom is -0.481 e. The largest absolute Gasteiger partial charge is 0.481 e. The molecule has 0 aliphatic carbocycles. The third-order valence-corrected chi connectivity index (χ3v) is 4.06. The van der Waals surface area contributed by atoms with Gasteiger partial charge < -0.3 is 31.5 Å². The minimum atomic E-state index is -1.46. The molecule has 0 unspecified atom stereocenters. The van der Waals surface area contributed by atoms with Crippen molar-refractivity contribution in [2.75, 3.05) is 12.0 Å². The highest BCUT2D eigenvalue weighted by atomic mass is 32.2. The number of aliphatic carboxylic acids is 1. The normalized spacial score (nSPS) is 14.1. The first kappa shape index (κ1) is 26.5. The number of thioether (sulfide) groups is 1. The molecule has 0 aromatic carbocycles. The lowest BCUT2D eigenvalue weighted by atomic mass is 10.1. The van der Waals surface area contributed by atoms with Gasteiger partial charge in [0.2, 0.25) is 17.7 Å². The molecule has 0 heterocycles. The lowest BCUT2D eigenvalue weighted by molar-refractivity contribution is -0.141. The van der Waals surface area contributed by atoms with Gasteiger partial charge in [-0.3, -0.25) is 19.2 Å². The Morgan fingerprint density at radius 3 is 2.03 bits per heavy atom. The van der Waals surface area contributed by atoms with Crippen molar-refractivity contribution < 1.29 is 33.8 Å². The Balaban J connectivity index is 5.28. The predicted molar refractivity (Wildman–Crippen MR) is 107 cm³/mol. The van der Waals surface area contributed by atoms with Crippen LogP contribution in [0.4, 0.5) is 4.79 Å². The molecular formula is C17H30N4O7S. The summed E-state index contributed by atoms with van der Waals surface area (Å²) >= 11 is 1.44. The first-order valence-corrected chi connectivity index (χ1v) is 10.3. The van der Waals surface area contributed by atoms with Crippen molar-refractivity contribution in [1.82, 2.24) is 16.0 Å². The van der Waals surface area contributed by atoms with Gasteiger partial charge in [-0.1, -0.05) is 0 Å². The van der Waals surface area contributed by atoms with Crippen LogP contribution in [-0.4, -0.2) is 70.6 Å². The summed E-state index contributed by atoms with van der Waals surface area (Å²) in [6, 6.07) is -3.56. The van der Waals surface area contributed by atoms with Gasteiger partial charge in [0.25, 0.3) is 0 Å². The molecule has 0 saturated heterocycles. The van der Waals surface area contributed by atoms with Gasteiger partial charge >= 0.3 is 12.1 Å². The second-order valence-corrected chi connectivity index (χ2v) is 8.26. The molecule has 0 spiro atoms. The second kappa shape index (κ2) is 12.1. The van der Waals surface area contributed by atoms with Gasteiger partial charge in [-0.25, -0.2) is 4.79 Å². The standard InChI is InChI=1S/C17H30N4O7S/c1-9(13(18)24)19-15(26)11(8-12(22)23)20-14(25)10(6-7-29-5)21-16(27)28-17(2,3)4/h9-11H,6-8H2,1-5H3,(H2,18,24)(H,19,26)(H,20,25)(H,21,27)(H,22,23)/t9-,10+,11+/m1/s1. The van der Waals surface area contributed by atoms with Crippen LogP contribution in [0.15, 0.2) is 0 Å². The number of carbonyl (C=O) groups excluding carboxylic acids is 4. The zero-order valence-electron chi connectivity index (χ0n) is 17.2. The van der Waals surface area contributed by atoms with E-state index in [9.17, 15) is 24.0 Å². The molecule has 0 bridgehead atoms. The van der Waals surface area contributed by atoms with Gasteiger partial charge in [-0.2, -0.15) is 11.8 Å². The highest BCUT2D eigenvalue weighted by Gasteiger charge is 2.30. The van der Waals surface area contributed by atoms with Gasteiger partial charge in [-0.05, 0) is 46.1 Å². The fourth-order valence-electron chi connectivity index (χ4n) is 2.00. The van der Waals surface area contributed by atoms with Crippen LogP contribution in [0.5, 0.6) is 0 Å². The summed E-state index contributed by atoms with van der Waals surface area (Å²) < 4.78 is 5.13. The van der Waals surface area contributed by atoms with E-state index in [0.29, 0.717) is 5.75 Å². The quantitative estimate of drug-likeness (QED) is 0.291. The molecule has 12 heteroatoms. The van der Waals surface area contributed by atoms with E-state index in [1.165, 1.54) is 18.7 Å². The molecule has 0 radical (unpaired) electrons. The van der Waals surface area contributed by atoms with Crippen LogP contribution >= 0.6 is 11.8 Å². The Kier molecular flexibility index (Phi) is 11.1. The highest BCUT2D eigenvalue weighted by molar-refractivity contribution is 7.98. The molecule has 0 aliphatic rings. The van der Waals surface area contributed by atoms with Gasteiger partial charge in [0.05, 0.1) is 6.42 Å². The van der Waals surface area contributed by atoms with Gasteiger partial charge in [-0.15, -0.1) is 0 Å². The summed E-state index contributed by atoms with van der Waals surface area (Å²) in [6.07, 6.45) is 0.505. The molecule has 6 N–H and O–H groups in total. The number of amides is 4. The SMILES string of the molecule is CSCC[C@H](NC(=O)OC(C)(C)C)C(=O)N[C@@H](CC(=O)O)C(=O)N[C@H](C)C(N)=O. The van der Waals surface area contributed by atoms with E-state index >= 15 is 0 Å². The van der Waals surface area contributed by atoms with E-state index in [4.69, 9.17) is 15.6 Å². The number of carboxylic acid groups (broad SMARTS) is 1. The lowest BCUT2D eigenvalue weighted by Crippen LogP contribution is -2.56. The molecule has 11 nitrogen and oxygen atoms in total. The molecule has 3 atom stereocenters. The summed E-state index contributed by atoms with van der Waals surface area (Å²) in [6.45, 7) is 6.31. The first-order valence-electron chi connectivity index (χ1n) is 8.87. The number of hydrogen-bond donors (Lipinski definition) is 5. The van der Waals surface area contributed by atoms with E-state index in [1.807, 2.05) is 6.26 Å². The second-order valence-electron chi connectivity index (χ2n) is 7.27. The molecule has 0 saturated carbocycles. The van der Waals surface area contributed by atoms with Crippen molar-refractivity contribution in [2.45, 2.75) is 64.3 Å². The number of alkyl carbamates (subject to hydrolysis) is 1. The van der Waals surface area contributed by atoms with Gasteiger partial charge in [0, 0.05) is 0 Å². The Morgan fingerprint density at radius 1 is 1.03 bits per heavy atom. The number of ether oxygens (including phenoxy) is 1. The van der Waals surface area contributed by atoms with Crippen molar-refractivity contribution in [2.24, 2.45) is 5.73 Å². The number of primary amides is 1. The molecule has 0 aliphatic heterocycles. The Labute approximate surface area is 173 Å². The predicted octanol–water partition coefficient (Wildman–Crippen LogP) is -0.418. The fraction of sp³-hybridized carbons (Fsp3) is 0.706. The number of nitrogens with two attached hydrogens (primary N) is 1. The maximum Gasteiger partial charge on any atom is 0.408 e. The maximum atomic E-state index is 12.6. The monoisotopic (exact) mass is 434 g/mol. The molecule has 0 aromatic heterocycles. The van der Waals surface area contributed by atoms with Crippen LogP contribution in [0.25, 0.3) is 0 Å². The van der Waals surface area contributed by atoms with Crippen molar-refractivity contribution in [3.05, 3.63) is 0 Å². The van der Waals surface area contributed by atoms with Crippen molar-refractivity contribution in [1.29, 1.82) is 0 Å². The van der Waals surface area contributed by atoms with Crippen molar-refractivity contribution in [3.63, 3.8) is 0 Å². The van der Waals surface area contributed by atoms with Gasteiger partial charge in [0.15, 0.2) is 0 Å². The number of carbonyl (C=O) groups is 5. The maximum absolute atomic E-state index is 12.6. The van der Waals surface area contributed by atoms with E-state index in [0.717, 1.165) is 0 Å². The fourth-order valence-corrected chi connectivity index (χ4v) is 2.47. The smallest absolute Gasteiger partial charge is 0.408 e. The van der Waals surface area contributed by atoms with Crippen LogP contribution in [0.3, 0.4) is 0 Å². The summed E-state index contributed by atoms with van der Waals surface area (Å²) in [5, 5.41) is 16.0. The number of rotatable bonds is 11. The van der Waals surface area contributed by atoms with Crippen LogP contribution in [0, 0.1) is 0 Å². The summed E-state index contributed by atoms with van der Waals surface area (Å²) in [5.41, 5.74) is 4.30. The molecule has 0 fully saturated rings. The molecule has 0 aromatic rings. The number of hydrogen-bond acceptors (Lipinski definition) is 7. The zero-order valence-corrected chi connectivity index (χ0v) is 18.1. The number of nitrogens with one attached hydrogen (secondary N) is 3. The van der Waals surface area contributed by atoms with E-state index < -0.39 is 59.9 Å². The molecule has 166 valence electrons. The van der Waals surface area contributed by atoms with Crippen LogP contribution in [-0.2, 0) is 23.9 Å². The van der Waals surface area contributed by atoms with Crippen LogP contribution in [0.2, 0.25) is 0 Å². The molecular weight excluding hydrogens is 404 g/mol. The van der Waals surface area contributed by atoms with Gasteiger partial charge in [0.1, 0.15) is 23.7 Å². The zero-order chi connectivity index (χ0) is 22.8. The summed E-state index contributed by atoms with van der Waals surface area (Å²) in [5.74, 6) is -3.27. The lowest BCUT2D eigenvalue weighted by Gasteiger charge is -2.25. The Hall–Kier alpha value is -2.50. The Bertz CT molecular complexity index is 621. The summed E-state index contributed by atoms with van der Waals surface area (Å²) in [4.78, 5) is 59.1. The van der Waals surface area contributed by atoms with E-state index in [-0.39, 0.29) is 6.42 Å². The third kappa shape index (κ3) is 11.8. The molecule has 4 amide bonds. The van der Waals surface area contributed by atoms with Crippen molar-refractivity contribution in [3.8, 4) is 0 Å². The van der Waals surface area contributed by atoms with Crippen LogP contribution < -0.4 is 21.7 Å². The van der Waals surface area contributed by atoms with Crippen LogP contribution in [0.1, 0.15) is 40.5 Å². The van der Waals surface area contributed by atoms with E-state index in [1.54, 1.807) is 20.8 Å². The van der Waals surface area contributed by atoms with Crippen molar-refractivity contribution >= 4 is 41.5 Å². The number of carboxylic acids is 1. The topological polar surface area (TPSA) is 177 Å². The average molecular weight is 435 g/mol. The summed E-state index contributed by atoms with van der Waals surface area (Å²) in [7, 11) is 0. The Morgan fingerprint density at radius 2 is 1.59 bits per heavy atom. The van der Waals surface area contributed by atoms with E-state index in [2.05, 4.69) is 16.0 Å². The third-order valence-electron chi connectivity index (χ3n) is 3.42. The first-order chi connectivity index (χ1) is 13.3. The highest BCUT2D eigenvalue weighted by Crippen LogP contribution is 2.09. The average Bonchev–Trinajstić information content (AvgIpc) is 2.55. The molecule has 29 heavy (non-hydrogen) atoms. The minimum absolute atomic E-state index is 0.228.